The lowest BCUT2D eigenvalue weighted by atomic mass is 10.0. The fourth-order valence-electron chi connectivity index (χ4n) is 2.11. The van der Waals surface area contributed by atoms with E-state index in [1.165, 1.54) is 16.7 Å². The molecule has 2 aromatic carbocycles. The third-order valence-corrected chi connectivity index (χ3v) is 3.35. The highest BCUT2D eigenvalue weighted by atomic mass is 16.5. The lowest BCUT2D eigenvalue weighted by Crippen LogP contribution is -2.00. The Labute approximate surface area is 114 Å². The molecule has 0 aromatic heterocycles. The monoisotopic (exact) mass is 256 g/mol. The average Bonchev–Trinajstić information content (AvgIpc) is 2.40. The van der Waals surface area contributed by atoms with Gasteiger partial charge in [0.1, 0.15) is 12.4 Å². The number of aliphatic hydroxyl groups is 1. The van der Waals surface area contributed by atoms with Crippen LogP contribution in [0.1, 0.15) is 22.3 Å². The quantitative estimate of drug-likeness (QED) is 0.888. The molecule has 2 rings (SSSR count). The SMILES string of the molecule is Cc1cccc(C)c1COc1ccc(CCO)cc1. The molecule has 0 bridgehead atoms. The molecule has 19 heavy (non-hydrogen) atoms. The molecule has 0 heterocycles. The predicted molar refractivity (Wildman–Crippen MR) is 77.5 cm³/mol. The van der Waals surface area contributed by atoms with Crippen LogP contribution in [0.2, 0.25) is 0 Å². The van der Waals surface area contributed by atoms with Gasteiger partial charge in [0.2, 0.25) is 0 Å². The van der Waals surface area contributed by atoms with Gasteiger partial charge >= 0.3 is 0 Å². The van der Waals surface area contributed by atoms with Crippen LogP contribution in [0.4, 0.5) is 0 Å². The molecule has 1 N–H and O–H groups in total. The van der Waals surface area contributed by atoms with E-state index in [2.05, 4.69) is 32.0 Å². The van der Waals surface area contributed by atoms with Crippen LogP contribution in [0.25, 0.3) is 0 Å². The van der Waals surface area contributed by atoms with Crippen LogP contribution in [0.5, 0.6) is 5.75 Å². The van der Waals surface area contributed by atoms with Crippen LogP contribution in [0.15, 0.2) is 42.5 Å². The maximum absolute atomic E-state index is 8.87. The number of hydrogen-bond acceptors (Lipinski definition) is 2. The molecule has 0 amide bonds. The fraction of sp³-hybridized carbons (Fsp3) is 0.294. The normalized spacial score (nSPS) is 10.5. The summed E-state index contributed by atoms with van der Waals surface area (Å²) in [4.78, 5) is 0. The van der Waals surface area contributed by atoms with Crippen molar-refractivity contribution in [1.82, 2.24) is 0 Å². The van der Waals surface area contributed by atoms with Gasteiger partial charge in [0.05, 0.1) is 0 Å². The van der Waals surface area contributed by atoms with E-state index in [1.807, 2.05) is 24.3 Å². The summed E-state index contributed by atoms with van der Waals surface area (Å²) in [5.41, 5.74) is 4.90. The number of ether oxygens (including phenoxy) is 1. The summed E-state index contributed by atoms with van der Waals surface area (Å²) in [5, 5.41) is 8.87. The lowest BCUT2D eigenvalue weighted by molar-refractivity contribution is 0.298. The van der Waals surface area contributed by atoms with Crippen molar-refractivity contribution < 1.29 is 9.84 Å². The highest BCUT2D eigenvalue weighted by molar-refractivity contribution is 5.34. The summed E-state index contributed by atoms with van der Waals surface area (Å²) in [6.07, 6.45) is 0.692. The Hall–Kier alpha value is -1.80. The largest absolute Gasteiger partial charge is 0.489 e. The Morgan fingerprint density at radius 3 is 2.16 bits per heavy atom. The summed E-state index contributed by atoms with van der Waals surface area (Å²) in [7, 11) is 0. The molecule has 0 aliphatic carbocycles. The topological polar surface area (TPSA) is 29.5 Å². The summed E-state index contributed by atoms with van der Waals surface area (Å²) >= 11 is 0. The first-order valence-electron chi connectivity index (χ1n) is 6.58. The van der Waals surface area contributed by atoms with Gasteiger partial charge in [-0.1, -0.05) is 30.3 Å². The molecule has 0 saturated heterocycles. The maximum Gasteiger partial charge on any atom is 0.119 e. The summed E-state index contributed by atoms with van der Waals surface area (Å²) in [5.74, 6) is 0.865. The van der Waals surface area contributed by atoms with Crippen molar-refractivity contribution in [2.75, 3.05) is 6.61 Å². The van der Waals surface area contributed by atoms with E-state index in [0.717, 1.165) is 11.3 Å². The van der Waals surface area contributed by atoms with Crippen molar-refractivity contribution in [2.45, 2.75) is 26.9 Å². The van der Waals surface area contributed by atoms with Gasteiger partial charge in [-0.15, -0.1) is 0 Å². The second-order valence-electron chi connectivity index (χ2n) is 4.78. The Kier molecular flexibility index (Phi) is 4.58. The van der Waals surface area contributed by atoms with E-state index in [1.54, 1.807) is 0 Å². The minimum absolute atomic E-state index is 0.183. The molecule has 0 spiro atoms. The first kappa shape index (κ1) is 13.6. The van der Waals surface area contributed by atoms with Gasteiger partial charge in [0, 0.05) is 6.61 Å². The second kappa shape index (κ2) is 6.39. The van der Waals surface area contributed by atoms with E-state index in [9.17, 15) is 0 Å². The minimum Gasteiger partial charge on any atom is -0.489 e. The van der Waals surface area contributed by atoms with Gasteiger partial charge in [-0.05, 0) is 54.7 Å². The zero-order valence-electron chi connectivity index (χ0n) is 11.5. The van der Waals surface area contributed by atoms with E-state index < -0.39 is 0 Å². The number of rotatable bonds is 5. The standard InChI is InChI=1S/C17H20O2/c1-13-4-3-5-14(2)17(13)12-19-16-8-6-15(7-9-16)10-11-18/h3-9,18H,10-12H2,1-2H3. The van der Waals surface area contributed by atoms with Crippen molar-refractivity contribution in [3.05, 3.63) is 64.7 Å². The Morgan fingerprint density at radius 1 is 0.947 bits per heavy atom. The highest BCUT2D eigenvalue weighted by Crippen LogP contribution is 2.18. The van der Waals surface area contributed by atoms with E-state index in [-0.39, 0.29) is 6.61 Å². The van der Waals surface area contributed by atoms with Gasteiger partial charge in [-0.25, -0.2) is 0 Å². The minimum atomic E-state index is 0.183. The van der Waals surface area contributed by atoms with E-state index >= 15 is 0 Å². The molecule has 0 radical (unpaired) electrons. The molecule has 0 saturated carbocycles. The molecule has 0 aliphatic rings. The Bertz CT molecular complexity index is 509. The summed E-state index contributed by atoms with van der Waals surface area (Å²) < 4.78 is 5.82. The average molecular weight is 256 g/mol. The van der Waals surface area contributed by atoms with Crippen molar-refractivity contribution >= 4 is 0 Å². The van der Waals surface area contributed by atoms with E-state index in [0.29, 0.717) is 13.0 Å². The van der Waals surface area contributed by atoms with Gasteiger partial charge in [0.15, 0.2) is 0 Å². The molecule has 2 aromatic rings. The lowest BCUT2D eigenvalue weighted by Gasteiger charge is -2.11. The molecule has 2 nitrogen and oxygen atoms in total. The van der Waals surface area contributed by atoms with Crippen molar-refractivity contribution in [3.8, 4) is 5.75 Å². The summed E-state index contributed by atoms with van der Waals surface area (Å²) in [6, 6.07) is 14.2. The Balaban J connectivity index is 2.02. The van der Waals surface area contributed by atoms with Crippen LogP contribution in [-0.2, 0) is 13.0 Å². The van der Waals surface area contributed by atoms with Crippen molar-refractivity contribution in [1.29, 1.82) is 0 Å². The highest BCUT2D eigenvalue weighted by Gasteiger charge is 2.03. The van der Waals surface area contributed by atoms with Gasteiger partial charge in [-0.2, -0.15) is 0 Å². The number of aryl methyl sites for hydroxylation is 2. The molecule has 0 atom stereocenters. The fourth-order valence-corrected chi connectivity index (χ4v) is 2.11. The first-order chi connectivity index (χ1) is 9.20. The zero-order chi connectivity index (χ0) is 13.7. The molecular formula is C17H20O2. The van der Waals surface area contributed by atoms with Crippen molar-refractivity contribution in [3.63, 3.8) is 0 Å². The molecule has 0 aliphatic heterocycles. The molecule has 2 heteroatoms. The van der Waals surface area contributed by atoms with Gasteiger partial charge in [-0.3, -0.25) is 0 Å². The summed E-state index contributed by atoms with van der Waals surface area (Å²) in [6.45, 7) is 4.99. The van der Waals surface area contributed by atoms with Crippen LogP contribution in [-0.4, -0.2) is 11.7 Å². The number of hydrogen-bond donors (Lipinski definition) is 1. The van der Waals surface area contributed by atoms with Gasteiger partial charge < -0.3 is 9.84 Å². The molecule has 100 valence electrons. The van der Waals surface area contributed by atoms with Crippen LogP contribution < -0.4 is 4.74 Å². The smallest absolute Gasteiger partial charge is 0.119 e. The van der Waals surface area contributed by atoms with Gasteiger partial charge in [0.25, 0.3) is 0 Å². The zero-order valence-corrected chi connectivity index (χ0v) is 11.5. The number of aliphatic hydroxyl groups excluding tert-OH is 1. The molecule has 0 fully saturated rings. The van der Waals surface area contributed by atoms with Crippen LogP contribution >= 0.6 is 0 Å². The molecular weight excluding hydrogens is 236 g/mol. The number of benzene rings is 2. The third-order valence-electron chi connectivity index (χ3n) is 3.35. The molecule has 0 unspecified atom stereocenters. The van der Waals surface area contributed by atoms with Crippen LogP contribution in [0.3, 0.4) is 0 Å². The third kappa shape index (κ3) is 3.58. The second-order valence-corrected chi connectivity index (χ2v) is 4.78. The predicted octanol–water partition coefficient (Wildman–Crippen LogP) is 3.42. The Morgan fingerprint density at radius 2 is 1.58 bits per heavy atom. The van der Waals surface area contributed by atoms with Crippen LogP contribution in [0, 0.1) is 13.8 Å². The first-order valence-corrected chi connectivity index (χ1v) is 6.58. The van der Waals surface area contributed by atoms with E-state index in [4.69, 9.17) is 9.84 Å². The maximum atomic E-state index is 8.87. The van der Waals surface area contributed by atoms with Crippen molar-refractivity contribution in [2.24, 2.45) is 0 Å².